The molecule has 0 saturated heterocycles. The van der Waals surface area contributed by atoms with Gasteiger partial charge < -0.3 is 9.84 Å². The van der Waals surface area contributed by atoms with Crippen LogP contribution in [0.2, 0.25) is 0 Å². The van der Waals surface area contributed by atoms with Crippen LogP contribution in [0.25, 0.3) is 0 Å². The summed E-state index contributed by atoms with van der Waals surface area (Å²) < 4.78 is 7.92. The van der Waals surface area contributed by atoms with E-state index in [-0.39, 0.29) is 0 Å². The molecule has 96 valence electrons. The molecule has 1 N–H and O–H groups in total. The zero-order valence-corrected chi connectivity index (χ0v) is 11.9. The Morgan fingerprint density at radius 2 is 2.28 bits per heavy atom. The van der Waals surface area contributed by atoms with Crippen molar-refractivity contribution in [2.75, 3.05) is 7.11 Å². The molecule has 0 aliphatic heterocycles. The maximum absolute atomic E-state index is 10.5. The van der Waals surface area contributed by atoms with E-state index in [0.29, 0.717) is 18.0 Å². The molecule has 0 aliphatic rings. The van der Waals surface area contributed by atoms with Crippen LogP contribution in [0.4, 0.5) is 0 Å². The van der Waals surface area contributed by atoms with E-state index in [4.69, 9.17) is 4.74 Å². The zero-order chi connectivity index (χ0) is 13.1. The van der Waals surface area contributed by atoms with Crippen molar-refractivity contribution in [3.05, 3.63) is 46.2 Å². The molecule has 1 atom stereocenters. The summed E-state index contributed by atoms with van der Waals surface area (Å²) in [4.78, 5) is 0. The first-order valence-electron chi connectivity index (χ1n) is 5.70. The van der Waals surface area contributed by atoms with E-state index >= 15 is 0 Å². The van der Waals surface area contributed by atoms with Crippen molar-refractivity contribution in [3.8, 4) is 5.75 Å². The van der Waals surface area contributed by atoms with Crippen molar-refractivity contribution in [2.45, 2.75) is 19.6 Å². The fourth-order valence-electron chi connectivity index (χ4n) is 1.90. The molecule has 4 nitrogen and oxygen atoms in total. The van der Waals surface area contributed by atoms with Crippen LogP contribution < -0.4 is 4.74 Å². The summed E-state index contributed by atoms with van der Waals surface area (Å²) in [6, 6.07) is 7.57. The third-order valence-corrected chi connectivity index (χ3v) is 3.28. The molecule has 0 bridgehead atoms. The first-order chi connectivity index (χ1) is 8.67. The Bertz CT molecular complexity index is 518. The number of aliphatic hydroxyl groups is 1. The number of ether oxygens (including phenoxy) is 1. The van der Waals surface area contributed by atoms with E-state index in [1.807, 2.05) is 31.2 Å². The van der Waals surface area contributed by atoms with Crippen molar-refractivity contribution < 1.29 is 9.84 Å². The van der Waals surface area contributed by atoms with Crippen LogP contribution in [0, 0.1) is 0 Å². The van der Waals surface area contributed by atoms with Gasteiger partial charge in [-0.25, -0.2) is 0 Å². The molecule has 1 unspecified atom stereocenters. The molecule has 0 aliphatic carbocycles. The van der Waals surface area contributed by atoms with Gasteiger partial charge >= 0.3 is 0 Å². The van der Waals surface area contributed by atoms with Crippen LogP contribution in [-0.2, 0) is 6.54 Å². The number of hydrogen-bond donors (Lipinski definition) is 1. The normalized spacial score (nSPS) is 12.4. The average Bonchev–Trinajstić information content (AvgIpc) is 2.80. The van der Waals surface area contributed by atoms with Crippen LogP contribution in [0.3, 0.4) is 0 Å². The Morgan fingerprint density at radius 3 is 2.89 bits per heavy atom. The molecule has 18 heavy (non-hydrogen) atoms. The Balaban J connectivity index is 2.44. The maximum Gasteiger partial charge on any atom is 0.163 e. The van der Waals surface area contributed by atoms with E-state index in [9.17, 15) is 5.11 Å². The van der Waals surface area contributed by atoms with Gasteiger partial charge in [-0.2, -0.15) is 5.10 Å². The highest BCUT2D eigenvalue weighted by Gasteiger charge is 2.21. The molecule has 1 aromatic heterocycles. The van der Waals surface area contributed by atoms with Gasteiger partial charge in [0.25, 0.3) is 0 Å². The fraction of sp³-hybridized carbons (Fsp3) is 0.308. The summed E-state index contributed by atoms with van der Waals surface area (Å²) in [5, 5.41) is 14.7. The first-order valence-corrected chi connectivity index (χ1v) is 6.50. The Kier molecular flexibility index (Phi) is 4.04. The molecule has 1 heterocycles. The summed E-state index contributed by atoms with van der Waals surface area (Å²) in [7, 11) is 1.58. The highest BCUT2D eigenvalue weighted by Crippen LogP contribution is 2.30. The number of aryl methyl sites for hydroxylation is 1. The lowest BCUT2D eigenvalue weighted by atomic mass is 10.1. The minimum Gasteiger partial charge on any atom is -0.493 e. The quantitative estimate of drug-likeness (QED) is 0.944. The van der Waals surface area contributed by atoms with E-state index < -0.39 is 6.10 Å². The number of aromatic nitrogens is 2. The number of rotatable bonds is 4. The minimum atomic E-state index is -0.750. The van der Waals surface area contributed by atoms with Crippen molar-refractivity contribution in [2.24, 2.45) is 0 Å². The predicted molar refractivity (Wildman–Crippen MR) is 72.7 cm³/mol. The molecule has 2 rings (SSSR count). The molecule has 0 saturated carbocycles. The maximum atomic E-state index is 10.5. The molecule has 0 spiro atoms. The lowest BCUT2D eigenvalue weighted by Crippen LogP contribution is -2.10. The van der Waals surface area contributed by atoms with Gasteiger partial charge in [-0.3, -0.25) is 4.68 Å². The highest BCUT2D eigenvalue weighted by molar-refractivity contribution is 9.10. The van der Waals surface area contributed by atoms with Gasteiger partial charge in [-0.15, -0.1) is 0 Å². The standard InChI is InChI=1S/C13H15BrN2O2/c1-3-16-12(11(18-2)8-15-16)13(17)9-5-4-6-10(14)7-9/h4-8,13,17H,3H2,1-2H3. The largest absolute Gasteiger partial charge is 0.493 e. The SMILES string of the molecule is CCn1ncc(OC)c1C(O)c1cccc(Br)c1. The van der Waals surface area contributed by atoms with Crippen LogP contribution in [0.1, 0.15) is 24.3 Å². The van der Waals surface area contributed by atoms with Gasteiger partial charge in [0, 0.05) is 11.0 Å². The predicted octanol–water partition coefficient (Wildman–Crippen LogP) is 2.76. The van der Waals surface area contributed by atoms with Crippen molar-refractivity contribution in [1.29, 1.82) is 0 Å². The summed E-state index contributed by atoms with van der Waals surface area (Å²) in [5.41, 5.74) is 1.48. The monoisotopic (exact) mass is 310 g/mol. The molecule has 0 radical (unpaired) electrons. The lowest BCUT2D eigenvalue weighted by molar-refractivity contribution is 0.202. The van der Waals surface area contributed by atoms with Gasteiger partial charge in [0.1, 0.15) is 11.8 Å². The third kappa shape index (κ3) is 2.42. The molecule has 0 fully saturated rings. The smallest absolute Gasteiger partial charge is 0.163 e. The van der Waals surface area contributed by atoms with Gasteiger partial charge in [-0.05, 0) is 24.6 Å². The average molecular weight is 311 g/mol. The summed E-state index contributed by atoms with van der Waals surface area (Å²) in [6.45, 7) is 2.66. The Labute approximate surface area is 114 Å². The molecule has 2 aromatic rings. The van der Waals surface area contributed by atoms with Gasteiger partial charge in [0.15, 0.2) is 5.75 Å². The number of halogens is 1. The summed E-state index contributed by atoms with van der Waals surface area (Å²) in [5.74, 6) is 0.601. The summed E-state index contributed by atoms with van der Waals surface area (Å²) >= 11 is 3.40. The number of aliphatic hydroxyl groups excluding tert-OH is 1. The van der Waals surface area contributed by atoms with E-state index in [1.165, 1.54) is 0 Å². The van der Waals surface area contributed by atoms with Crippen LogP contribution in [-0.4, -0.2) is 22.0 Å². The fourth-order valence-corrected chi connectivity index (χ4v) is 2.31. The number of benzene rings is 1. The minimum absolute atomic E-state index is 0.601. The molecular weight excluding hydrogens is 296 g/mol. The van der Waals surface area contributed by atoms with E-state index in [0.717, 1.165) is 10.0 Å². The van der Waals surface area contributed by atoms with Crippen molar-refractivity contribution in [1.82, 2.24) is 9.78 Å². The topological polar surface area (TPSA) is 47.3 Å². The van der Waals surface area contributed by atoms with E-state index in [2.05, 4.69) is 21.0 Å². The summed E-state index contributed by atoms with van der Waals surface area (Å²) in [6.07, 6.45) is 0.875. The van der Waals surface area contributed by atoms with Crippen molar-refractivity contribution >= 4 is 15.9 Å². The number of hydrogen-bond acceptors (Lipinski definition) is 3. The van der Waals surface area contributed by atoms with Gasteiger partial charge in [0.2, 0.25) is 0 Å². The first kappa shape index (κ1) is 13.1. The van der Waals surface area contributed by atoms with E-state index in [1.54, 1.807) is 18.0 Å². The molecule has 5 heteroatoms. The Hall–Kier alpha value is -1.33. The highest BCUT2D eigenvalue weighted by atomic mass is 79.9. The third-order valence-electron chi connectivity index (χ3n) is 2.79. The van der Waals surface area contributed by atoms with Crippen LogP contribution in [0.15, 0.2) is 34.9 Å². The second kappa shape index (κ2) is 5.54. The number of nitrogens with zero attached hydrogens (tertiary/aromatic N) is 2. The van der Waals surface area contributed by atoms with Crippen LogP contribution >= 0.6 is 15.9 Å². The zero-order valence-electron chi connectivity index (χ0n) is 10.3. The molecule has 1 aromatic carbocycles. The second-order valence-electron chi connectivity index (χ2n) is 3.87. The van der Waals surface area contributed by atoms with Gasteiger partial charge in [-0.1, -0.05) is 28.1 Å². The molecular formula is C13H15BrN2O2. The van der Waals surface area contributed by atoms with Crippen molar-refractivity contribution in [3.63, 3.8) is 0 Å². The van der Waals surface area contributed by atoms with Crippen LogP contribution in [0.5, 0.6) is 5.75 Å². The molecule has 0 amide bonds. The Morgan fingerprint density at radius 1 is 1.50 bits per heavy atom. The lowest BCUT2D eigenvalue weighted by Gasteiger charge is -2.14. The number of methoxy groups -OCH3 is 1. The van der Waals surface area contributed by atoms with Gasteiger partial charge in [0.05, 0.1) is 13.3 Å². The second-order valence-corrected chi connectivity index (χ2v) is 4.79.